The number of hydrogen-bond donors (Lipinski definition) is 7. The summed E-state index contributed by atoms with van der Waals surface area (Å²) in [6, 6.07) is 0. The number of rotatable bonds is 17. The minimum absolute atomic E-state index is 0.157. The Morgan fingerprint density at radius 3 is 1.90 bits per heavy atom. The van der Waals surface area contributed by atoms with E-state index in [1.54, 1.807) is 6.92 Å². The molecule has 2 aliphatic heterocycles. The van der Waals surface area contributed by atoms with Crippen LogP contribution in [-0.4, -0.2) is 142 Å². The van der Waals surface area contributed by atoms with E-state index >= 15 is 0 Å². The van der Waals surface area contributed by atoms with Crippen LogP contribution in [0.1, 0.15) is 58.8 Å². The van der Waals surface area contributed by atoms with Crippen molar-refractivity contribution in [1.29, 1.82) is 0 Å². The molecule has 2 rings (SSSR count). The first-order valence-corrected chi connectivity index (χ1v) is 14.1. The Hall–Kier alpha value is -1.50. The van der Waals surface area contributed by atoms with Gasteiger partial charge in [-0.15, -0.1) is 0 Å². The van der Waals surface area contributed by atoms with Crippen molar-refractivity contribution in [2.24, 2.45) is 0 Å². The lowest BCUT2D eigenvalue weighted by Crippen LogP contribution is -2.61. The van der Waals surface area contributed by atoms with Crippen molar-refractivity contribution in [2.45, 2.75) is 126 Å². The predicted molar refractivity (Wildman–Crippen MR) is 137 cm³/mol. The van der Waals surface area contributed by atoms with E-state index in [0.29, 0.717) is 12.8 Å². The minimum atomic E-state index is -1.75. The van der Waals surface area contributed by atoms with E-state index in [0.717, 1.165) is 19.3 Å². The van der Waals surface area contributed by atoms with E-state index in [1.165, 1.54) is 0 Å². The van der Waals surface area contributed by atoms with Crippen molar-refractivity contribution in [3.63, 3.8) is 0 Å². The molecule has 11 atom stereocenters. The number of hydrogen-bond acceptors (Lipinski definition) is 15. The summed E-state index contributed by atoms with van der Waals surface area (Å²) in [5.41, 5.74) is 0. The Kier molecular flexibility index (Phi) is 15.9. The number of carbonyl (C=O) groups excluding carboxylic acids is 2. The van der Waals surface area contributed by atoms with E-state index in [2.05, 4.69) is 0 Å². The van der Waals surface area contributed by atoms with Gasteiger partial charge in [0.2, 0.25) is 0 Å². The molecular formula is C26H46O15. The smallest absolute Gasteiger partial charge is 0.306 e. The van der Waals surface area contributed by atoms with Crippen LogP contribution in [-0.2, 0) is 38.0 Å². The van der Waals surface area contributed by atoms with E-state index < -0.39 is 92.7 Å². The summed E-state index contributed by atoms with van der Waals surface area (Å²) in [4.78, 5) is 24.2. The quantitative estimate of drug-likeness (QED) is 0.0699. The molecule has 0 aliphatic carbocycles. The highest BCUT2D eigenvalue weighted by atomic mass is 16.7. The van der Waals surface area contributed by atoms with Crippen molar-refractivity contribution in [2.75, 3.05) is 26.4 Å². The Morgan fingerprint density at radius 1 is 0.683 bits per heavy atom. The fourth-order valence-corrected chi connectivity index (χ4v) is 4.31. The van der Waals surface area contributed by atoms with Gasteiger partial charge in [0.1, 0.15) is 55.4 Å². The molecule has 41 heavy (non-hydrogen) atoms. The van der Waals surface area contributed by atoms with Gasteiger partial charge in [0.15, 0.2) is 18.7 Å². The van der Waals surface area contributed by atoms with E-state index in [-0.39, 0.29) is 26.1 Å². The monoisotopic (exact) mass is 598 g/mol. The maximum Gasteiger partial charge on any atom is 0.306 e. The summed E-state index contributed by atoms with van der Waals surface area (Å²) in [5, 5.41) is 70.5. The SMILES string of the molecule is CCCCCCC(=O)OC(COC(=O)CCC)COC1OC(COC2OC(CO)C(O)C(O)C2O)C(O)C(O)C1O. The molecule has 0 aromatic carbocycles. The highest BCUT2D eigenvalue weighted by Crippen LogP contribution is 2.26. The Labute approximate surface area is 238 Å². The predicted octanol–water partition coefficient (Wildman–Crippen LogP) is -2.15. The van der Waals surface area contributed by atoms with Gasteiger partial charge in [-0.05, 0) is 12.8 Å². The third-order valence-corrected chi connectivity index (χ3v) is 6.81. The average Bonchev–Trinajstić information content (AvgIpc) is 2.95. The first kappa shape index (κ1) is 35.7. The fraction of sp³-hybridized carbons (Fsp3) is 0.923. The van der Waals surface area contributed by atoms with Gasteiger partial charge in [-0.1, -0.05) is 33.1 Å². The molecule has 0 saturated carbocycles. The molecule has 15 nitrogen and oxygen atoms in total. The number of carbonyl (C=O) groups is 2. The molecule has 0 radical (unpaired) electrons. The van der Waals surface area contributed by atoms with E-state index in [4.69, 9.17) is 28.4 Å². The summed E-state index contributed by atoms with van der Waals surface area (Å²) in [7, 11) is 0. The zero-order valence-electron chi connectivity index (χ0n) is 23.5. The molecule has 0 bridgehead atoms. The molecular weight excluding hydrogens is 552 g/mol. The molecule has 0 aromatic heterocycles. The zero-order chi connectivity index (χ0) is 30.5. The maximum absolute atomic E-state index is 12.3. The van der Waals surface area contributed by atoms with Crippen LogP contribution in [0, 0.1) is 0 Å². The van der Waals surface area contributed by atoms with Gasteiger partial charge < -0.3 is 64.2 Å². The van der Waals surface area contributed by atoms with Crippen molar-refractivity contribution in [1.82, 2.24) is 0 Å². The van der Waals surface area contributed by atoms with Crippen molar-refractivity contribution in [3.8, 4) is 0 Å². The van der Waals surface area contributed by atoms with Gasteiger partial charge >= 0.3 is 11.9 Å². The topological polar surface area (TPSA) is 231 Å². The summed E-state index contributed by atoms with van der Waals surface area (Å²) in [6.07, 6.45) is -12.4. The number of esters is 2. The summed E-state index contributed by atoms with van der Waals surface area (Å²) in [6.45, 7) is 1.95. The Bertz CT molecular complexity index is 767. The van der Waals surface area contributed by atoms with Crippen LogP contribution >= 0.6 is 0 Å². The maximum atomic E-state index is 12.3. The van der Waals surface area contributed by atoms with Gasteiger partial charge in [-0.3, -0.25) is 9.59 Å². The molecule has 2 aliphatic rings. The number of unbranched alkanes of at least 4 members (excludes halogenated alkanes) is 3. The standard InChI is InChI=1S/C26H46O15/c1-3-5-6-7-9-18(29)39-14(11-36-17(28)8-4-2)12-37-25-24(35)22(33)20(31)16(41-25)13-38-26-23(34)21(32)19(30)15(10-27)40-26/h14-16,19-27,30-35H,3-13H2,1-2H3. The van der Waals surface area contributed by atoms with Gasteiger partial charge in [-0.2, -0.15) is 0 Å². The number of ether oxygens (including phenoxy) is 6. The van der Waals surface area contributed by atoms with Gasteiger partial charge in [-0.25, -0.2) is 0 Å². The highest BCUT2D eigenvalue weighted by Gasteiger charge is 2.47. The van der Waals surface area contributed by atoms with Gasteiger partial charge in [0.05, 0.1) is 19.8 Å². The molecule has 0 spiro atoms. The minimum Gasteiger partial charge on any atom is -0.462 e. The highest BCUT2D eigenvalue weighted by molar-refractivity contribution is 5.70. The van der Waals surface area contributed by atoms with Crippen LogP contribution in [0.15, 0.2) is 0 Å². The lowest BCUT2D eigenvalue weighted by Gasteiger charge is -2.42. The lowest BCUT2D eigenvalue weighted by molar-refractivity contribution is -0.332. The third kappa shape index (κ3) is 10.9. The van der Waals surface area contributed by atoms with Crippen molar-refractivity contribution >= 4 is 11.9 Å². The molecule has 0 amide bonds. The second kappa shape index (κ2) is 18.2. The summed E-state index contributed by atoms with van der Waals surface area (Å²) < 4.78 is 32.4. The normalized spacial score (nSPS) is 34.7. The number of aliphatic hydroxyl groups excluding tert-OH is 7. The Morgan fingerprint density at radius 2 is 1.29 bits per heavy atom. The first-order chi connectivity index (χ1) is 19.5. The fourth-order valence-electron chi connectivity index (χ4n) is 4.31. The zero-order valence-corrected chi connectivity index (χ0v) is 23.5. The molecule has 11 unspecified atom stereocenters. The van der Waals surface area contributed by atoms with Crippen LogP contribution in [0.2, 0.25) is 0 Å². The molecule has 0 aromatic rings. The molecule has 2 heterocycles. The van der Waals surface area contributed by atoms with Crippen LogP contribution in [0.5, 0.6) is 0 Å². The van der Waals surface area contributed by atoms with Crippen molar-refractivity contribution < 1.29 is 73.8 Å². The summed E-state index contributed by atoms with van der Waals surface area (Å²) >= 11 is 0. The average molecular weight is 599 g/mol. The van der Waals surface area contributed by atoms with Crippen LogP contribution < -0.4 is 0 Å². The third-order valence-electron chi connectivity index (χ3n) is 6.81. The van der Waals surface area contributed by atoms with Crippen LogP contribution in [0.25, 0.3) is 0 Å². The first-order valence-electron chi connectivity index (χ1n) is 14.1. The van der Waals surface area contributed by atoms with E-state index in [1.807, 2.05) is 6.92 Å². The molecule has 240 valence electrons. The second-order valence-electron chi connectivity index (χ2n) is 10.2. The largest absolute Gasteiger partial charge is 0.462 e. The second-order valence-corrected chi connectivity index (χ2v) is 10.2. The number of aliphatic hydroxyl groups is 7. The van der Waals surface area contributed by atoms with Crippen molar-refractivity contribution in [3.05, 3.63) is 0 Å². The summed E-state index contributed by atoms with van der Waals surface area (Å²) in [5.74, 6) is -1.01. The molecule has 2 fully saturated rings. The van der Waals surface area contributed by atoms with Gasteiger partial charge in [0, 0.05) is 12.8 Å². The molecule has 7 N–H and O–H groups in total. The van der Waals surface area contributed by atoms with Gasteiger partial charge in [0.25, 0.3) is 0 Å². The lowest BCUT2D eigenvalue weighted by atomic mass is 9.98. The van der Waals surface area contributed by atoms with Crippen LogP contribution in [0.3, 0.4) is 0 Å². The Balaban J connectivity index is 1.98. The molecule has 2 saturated heterocycles. The van der Waals surface area contributed by atoms with E-state index in [9.17, 15) is 45.3 Å². The van der Waals surface area contributed by atoms with Crippen LogP contribution in [0.4, 0.5) is 0 Å². The molecule has 15 heteroatoms.